The average molecular weight is 454 g/mol. The number of aryl methyl sites for hydroxylation is 2. The number of rotatable bonds is 9. The third kappa shape index (κ3) is 6.21. The lowest BCUT2D eigenvalue weighted by atomic mass is 10.0. The Morgan fingerprint density at radius 3 is 2.38 bits per heavy atom. The quantitative estimate of drug-likeness (QED) is 0.338. The Bertz CT molecular complexity index is 1220. The van der Waals surface area contributed by atoms with Gasteiger partial charge in [-0.25, -0.2) is 4.98 Å². The fourth-order valence-corrected chi connectivity index (χ4v) is 4.00. The molecule has 4 aromatic rings. The molecule has 174 valence electrons. The molecule has 0 fully saturated rings. The molecule has 0 unspecified atom stereocenters. The first-order chi connectivity index (χ1) is 16.5. The molecule has 1 aromatic heterocycles. The van der Waals surface area contributed by atoms with Gasteiger partial charge in [-0.1, -0.05) is 84.4 Å². The highest BCUT2D eigenvalue weighted by molar-refractivity contribution is 5.92. The van der Waals surface area contributed by atoms with E-state index in [1.54, 1.807) is 0 Å². The van der Waals surface area contributed by atoms with Crippen molar-refractivity contribution in [2.24, 2.45) is 0 Å². The van der Waals surface area contributed by atoms with Crippen LogP contribution in [0, 0.1) is 13.8 Å². The number of hydrogen-bond donors (Lipinski definition) is 1. The van der Waals surface area contributed by atoms with Crippen LogP contribution in [0.3, 0.4) is 0 Å². The molecule has 1 atom stereocenters. The Morgan fingerprint density at radius 1 is 0.941 bits per heavy atom. The maximum atomic E-state index is 12.7. The molecule has 0 aliphatic heterocycles. The van der Waals surface area contributed by atoms with Crippen LogP contribution >= 0.6 is 0 Å². The number of benzene rings is 3. The van der Waals surface area contributed by atoms with E-state index in [4.69, 9.17) is 4.42 Å². The minimum atomic E-state index is -0.240. The Labute approximate surface area is 201 Å². The second kappa shape index (κ2) is 10.9. The number of carbonyl (C=O) groups excluding carboxylic acids is 1. The first kappa shape index (κ1) is 23.5. The molecule has 1 heterocycles. The molecule has 0 aliphatic carbocycles. The fourth-order valence-electron chi connectivity index (χ4n) is 4.00. The van der Waals surface area contributed by atoms with E-state index in [0.717, 1.165) is 18.7 Å². The summed E-state index contributed by atoms with van der Waals surface area (Å²) in [5.41, 5.74) is 6.33. The van der Waals surface area contributed by atoms with E-state index in [9.17, 15) is 4.79 Å². The zero-order valence-electron chi connectivity index (χ0n) is 20.0. The van der Waals surface area contributed by atoms with E-state index >= 15 is 0 Å². The summed E-state index contributed by atoms with van der Waals surface area (Å²) in [5.74, 6) is 0.286. The first-order valence-electron chi connectivity index (χ1n) is 11.6. The van der Waals surface area contributed by atoms with Gasteiger partial charge in [0.1, 0.15) is 6.26 Å². The summed E-state index contributed by atoms with van der Waals surface area (Å²) < 4.78 is 5.72. The monoisotopic (exact) mass is 453 g/mol. The molecule has 3 aromatic carbocycles. The van der Waals surface area contributed by atoms with Gasteiger partial charge in [0, 0.05) is 13.1 Å². The van der Waals surface area contributed by atoms with Gasteiger partial charge in [-0.15, -0.1) is 0 Å². The molecule has 0 saturated carbocycles. The minimum absolute atomic E-state index is 0.118. The molecule has 0 spiro atoms. The van der Waals surface area contributed by atoms with Gasteiger partial charge in [-0.2, -0.15) is 0 Å². The second-order valence-electron chi connectivity index (χ2n) is 8.79. The molecule has 0 aliphatic rings. The van der Waals surface area contributed by atoms with Crippen molar-refractivity contribution in [2.45, 2.75) is 46.4 Å². The maximum Gasteiger partial charge on any atom is 0.273 e. The van der Waals surface area contributed by atoms with Crippen LogP contribution in [0.15, 0.2) is 89.5 Å². The molecule has 1 amide bonds. The van der Waals surface area contributed by atoms with Crippen LogP contribution < -0.4 is 5.32 Å². The number of nitrogens with zero attached hydrogens (tertiary/aromatic N) is 2. The Morgan fingerprint density at radius 2 is 1.65 bits per heavy atom. The van der Waals surface area contributed by atoms with Crippen molar-refractivity contribution < 1.29 is 9.21 Å². The van der Waals surface area contributed by atoms with E-state index in [1.165, 1.54) is 28.5 Å². The molecular weight excluding hydrogens is 422 g/mol. The van der Waals surface area contributed by atoms with Crippen molar-refractivity contribution in [3.8, 4) is 0 Å². The van der Waals surface area contributed by atoms with Crippen molar-refractivity contribution in [1.82, 2.24) is 15.2 Å². The van der Waals surface area contributed by atoms with Crippen LogP contribution in [0.25, 0.3) is 0 Å². The fraction of sp³-hybridized carbons (Fsp3) is 0.241. The molecule has 0 radical (unpaired) electrons. The molecule has 0 bridgehead atoms. The summed E-state index contributed by atoms with van der Waals surface area (Å²) in [4.78, 5) is 19.5. The number of aromatic nitrogens is 1. The van der Waals surface area contributed by atoms with Gasteiger partial charge in [-0.3, -0.25) is 9.69 Å². The molecule has 5 nitrogen and oxygen atoms in total. The summed E-state index contributed by atoms with van der Waals surface area (Å²) in [7, 11) is 0. The van der Waals surface area contributed by atoms with Crippen LogP contribution in [0.4, 0.5) is 0 Å². The molecule has 34 heavy (non-hydrogen) atoms. The highest BCUT2D eigenvalue weighted by atomic mass is 16.3. The summed E-state index contributed by atoms with van der Waals surface area (Å²) >= 11 is 0. The smallest absolute Gasteiger partial charge is 0.273 e. The number of carbonyl (C=O) groups is 1. The lowest BCUT2D eigenvalue weighted by Gasteiger charge is -2.22. The largest absolute Gasteiger partial charge is 0.447 e. The first-order valence-corrected chi connectivity index (χ1v) is 11.6. The van der Waals surface area contributed by atoms with Gasteiger partial charge in [0.05, 0.1) is 12.6 Å². The predicted octanol–water partition coefficient (Wildman–Crippen LogP) is 5.98. The van der Waals surface area contributed by atoms with Crippen LogP contribution in [0.5, 0.6) is 0 Å². The van der Waals surface area contributed by atoms with Gasteiger partial charge in [0.25, 0.3) is 5.91 Å². The minimum Gasteiger partial charge on any atom is -0.447 e. The number of hydrogen-bond acceptors (Lipinski definition) is 4. The number of oxazole rings is 1. The third-order valence-electron chi connectivity index (χ3n) is 5.94. The van der Waals surface area contributed by atoms with Crippen molar-refractivity contribution >= 4 is 5.91 Å². The van der Waals surface area contributed by atoms with Crippen LogP contribution in [0.2, 0.25) is 0 Å². The van der Waals surface area contributed by atoms with Crippen LogP contribution in [-0.4, -0.2) is 15.8 Å². The number of amides is 1. The van der Waals surface area contributed by atoms with Gasteiger partial charge < -0.3 is 9.73 Å². The summed E-state index contributed by atoms with van der Waals surface area (Å²) in [6.07, 6.45) is 1.45. The van der Waals surface area contributed by atoms with E-state index in [2.05, 4.69) is 59.4 Å². The van der Waals surface area contributed by atoms with Gasteiger partial charge >= 0.3 is 0 Å². The van der Waals surface area contributed by atoms with E-state index in [1.807, 2.05) is 55.5 Å². The van der Waals surface area contributed by atoms with Crippen molar-refractivity contribution in [1.29, 1.82) is 0 Å². The molecule has 1 N–H and O–H groups in total. The van der Waals surface area contributed by atoms with Crippen LogP contribution in [-0.2, 0) is 19.6 Å². The van der Waals surface area contributed by atoms with E-state index in [0.29, 0.717) is 18.1 Å². The van der Waals surface area contributed by atoms with Gasteiger partial charge in [0.15, 0.2) is 5.69 Å². The highest BCUT2D eigenvalue weighted by Crippen LogP contribution is 2.18. The lowest BCUT2D eigenvalue weighted by Crippen LogP contribution is -2.27. The highest BCUT2D eigenvalue weighted by Gasteiger charge is 2.18. The molecule has 0 saturated heterocycles. The van der Waals surface area contributed by atoms with E-state index in [-0.39, 0.29) is 11.9 Å². The number of nitrogens with one attached hydrogen (secondary N) is 1. The molecule has 4 rings (SSSR count). The van der Waals surface area contributed by atoms with Crippen molar-refractivity contribution in [2.75, 3.05) is 0 Å². The third-order valence-corrected chi connectivity index (χ3v) is 5.94. The van der Waals surface area contributed by atoms with Gasteiger partial charge in [-0.05, 0) is 43.0 Å². The summed E-state index contributed by atoms with van der Waals surface area (Å²) in [6, 6.07) is 26.6. The zero-order chi connectivity index (χ0) is 23.9. The average Bonchev–Trinajstić information content (AvgIpc) is 3.31. The molecular formula is C29H31N3O2. The Hall–Kier alpha value is -3.70. The van der Waals surface area contributed by atoms with E-state index < -0.39 is 0 Å². The standard InChI is InChI=1S/C29H31N3O2/c1-21-14-15-22(2)26(16-21)18-32(17-24-10-6-4-7-11-24)19-28-31-27(20-34-28)29(33)30-23(3)25-12-8-5-9-13-25/h4-16,20,23H,17-19H2,1-3H3,(H,30,33)/t23-/m0/s1. The lowest BCUT2D eigenvalue weighted by molar-refractivity contribution is 0.0934. The van der Waals surface area contributed by atoms with Gasteiger partial charge in [0.2, 0.25) is 5.89 Å². The summed E-state index contributed by atoms with van der Waals surface area (Å²) in [6.45, 7) is 8.22. The van der Waals surface area contributed by atoms with Crippen LogP contribution in [0.1, 0.15) is 57.2 Å². The SMILES string of the molecule is Cc1ccc(C)c(CN(Cc2ccccc2)Cc2nc(C(=O)N[C@@H](C)c3ccccc3)co2)c1. The zero-order valence-corrected chi connectivity index (χ0v) is 20.0. The topological polar surface area (TPSA) is 58.4 Å². The van der Waals surface area contributed by atoms with Crippen molar-refractivity contribution in [3.05, 3.63) is 125 Å². The normalized spacial score (nSPS) is 12.0. The second-order valence-corrected chi connectivity index (χ2v) is 8.79. The Kier molecular flexibility index (Phi) is 7.55. The maximum absolute atomic E-state index is 12.7. The Balaban J connectivity index is 1.47. The molecule has 5 heteroatoms. The predicted molar refractivity (Wildman–Crippen MR) is 134 cm³/mol. The van der Waals surface area contributed by atoms with Crippen molar-refractivity contribution in [3.63, 3.8) is 0 Å². The summed E-state index contributed by atoms with van der Waals surface area (Å²) in [5, 5.41) is 3.00.